The molecular weight excluding hydrogens is 244 g/mol. The molecule has 1 aromatic carbocycles. The van der Waals surface area contributed by atoms with Crippen LogP contribution < -0.4 is 4.74 Å². The van der Waals surface area contributed by atoms with Crippen molar-refractivity contribution >= 4 is 5.97 Å². The summed E-state index contributed by atoms with van der Waals surface area (Å²) in [5.74, 6) is 0.374. The molecule has 0 fully saturated rings. The summed E-state index contributed by atoms with van der Waals surface area (Å²) < 4.78 is 15.2. The zero-order valence-corrected chi connectivity index (χ0v) is 11.3. The van der Waals surface area contributed by atoms with Gasteiger partial charge >= 0.3 is 5.97 Å². The Hall–Kier alpha value is -1.55. The third-order valence-electron chi connectivity index (χ3n) is 3.23. The second kappa shape index (κ2) is 7.14. The molecule has 104 valence electrons. The fourth-order valence-corrected chi connectivity index (χ4v) is 2.22. The van der Waals surface area contributed by atoms with Crippen LogP contribution in [0, 0.1) is 0 Å². The van der Waals surface area contributed by atoms with Crippen LogP contribution in [-0.4, -0.2) is 32.9 Å². The van der Waals surface area contributed by atoms with E-state index in [1.54, 1.807) is 7.11 Å². The molecule has 0 spiro atoms. The number of carbonyl (C=O) groups is 1. The van der Waals surface area contributed by atoms with E-state index in [9.17, 15) is 4.79 Å². The van der Waals surface area contributed by atoms with Gasteiger partial charge in [-0.1, -0.05) is 6.07 Å². The molecule has 0 saturated heterocycles. The van der Waals surface area contributed by atoms with E-state index in [-0.39, 0.29) is 19.2 Å². The Labute approximate surface area is 113 Å². The van der Waals surface area contributed by atoms with Crippen molar-refractivity contribution < 1.29 is 19.0 Å². The van der Waals surface area contributed by atoms with E-state index < -0.39 is 0 Å². The molecule has 0 saturated carbocycles. The third-order valence-corrected chi connectivity index (χ3v) is 3.23. The maximum absolute atomic E-state index is 11.4. The molecule has 4 heteroatoms. The van der Waals surface area contributed by atoms with E-state index in [1.807, 2.05) is 12.1 Å². The van der Waals surface area contributed by atoms with Crippen molar-refractivity contribution in [1.82, 2.24) is 0 Å². The number of ether oxygens (including phenoxy) is 3. The lowest BCUT2D eigenvalue weighted by molar-refractivity contribution is -0.147. The summed E-state index contributed by atoms with van der Waals surface area (Å²) in [6, 6.07) is 6.06. The fourth-order valence-electron chi connectivity index (χ4n) is 2.22. The number of aryl methyl sites for hydroxylation is 2. The van der Waals surface area contributed by atoms with Crippen molar-refractivity contribution in [3.05, 3.63) is 29.3 Å². The third kappa shape index (κ3) is 4.24. The lowest BCUT2D eigenvalue weighted by Gasteiger charge is -2.16. The molecular formula is C15H20O4. The largest absolute Gasteiger partial charge is 0.482 e. The fraction of sp³-hybridized carbons (Fsp3) is 0.533. The van der Waals surface area contributed by atoms with Crippen molar-refractivity contribution in [2.75, 3.05) is 26.9 Å². The predicted molar refractivity (Wildman–Crippen MR) is 71.4 cm³/mol. The molecule has 0 bridgehead atoms. The van der Waals surface area contributed by atoms with E-state index in [1.165, 1.54) is 24.0 Å². The summed E-state index contributed by atoms with van der Waals surface area (Å²) in [5, 5.41) is 0. The maximum Gasteiger partial charge on any atom is 0.344 e. The van der Waals surface area contributed by atoms with Gasteiger partial charge in [-0.25, -0.2) is 4.79 Å². The molecule has 1 aliphatic rings. The Balaban J connectivity index is 1.81. The first-order chi connectivity index (χ1) is 9.29. The van der Waals surface area contributed by atoms with Gasteiger partial charge in [0.1, 0.15) is 12.4 Å². The van der Waals surface area contributed by atoms with Crippen LogP contribution in [0.4, 0.5) is 0 Å². The SMILES string of the molecule is COCCOC(=O)COc1ccc2c(c1)CCCC2. The highest BCUT2D eigenvalue weighted by Gasteiger charge is 2.10. The van der Waals surface area contributed by atoms with Gasteiger partial charge in [-0.05, 0) is 48.9 Å². The Bertz CT molecular complexity index is 428. The number of rotatable bonds is 6. The number of methoxy groups -OCH3 is 1. The van der Waals surface area contributed by atoms with Crippen molar-refractivity contribution in [2.24, 2.45) is 0 Å². The van der Waals surface area contributed by atoms with Crippen LogP contribution in [0.2, 0.25) is 0 Å². The molecule has 2 rings (SSSR count). The zero-order valence-electron chi connectivity index (χ0n) is 11.3. The minimum Gasteiger partial charge on any atom is -0.482 e. The van der Waals surface area contributed by atoms with Crippen LogP contribution >= 0.6 is 0 Å². The molecule has 0 atom stereocenters. The summed E-state index contributed by atoms with van der Waals surface area (Å²) in [4.78, 5) is 11.4. The Morgan fingerprint density at radius 2 is 1.95 bits per heavy atom. The summed E-state index contributed by atoms with van der Waals surface area (Å²) >= 11 is 0. The monoisotopic (exact) mass is 264 g/mol. The van der Waals surface area contributed by atoms with Gasteiger partial charge in [-0.15, -0.1) is 0 Å². The summed E-state index contributed by atoms with van der Waals surface area (Å²) in [6.07, 6.45) is 4.74. The molecule has 19 heavy (non-hydrogen) atoms. The van der Waals surface area contributed by atoms with E-state index in [0.29, 0.717) is 6.61 Å². The summed E-state index contributed by atoms with van der Waals surface area (Å²) in [5.41, 5.74) is 2.75. The molecule has 0 N–H and O–H groups in total. The smallest absolute Gasteiger partial charge is 0.344 e. The molecule has 0 radical (unpaired) electrons. The quantitative estimate of drug-likeness (QED) is 0.583. The minimum absolute atomic E-state index is 0.0531. The molecule has 0 amide bonds. The highest BCUT2D eigenvalue weighted by atomic mass is 16.6. The average Bonchev–Trinajstić information content (AvgIpc) is 2.45. The van der Waals surface area contributed by atoms with E-state index in [4.69, 9.17) is 14.2 Å². The van der Waals surface area contributed by atoms with E-state index >= 15 is 0 Å². The van der Waals surface area contributed by atoms with Crippen LogP contribution in [0.5, 0.6) is 5.75 Å². The zero-order chi connectivity index (χ0) is 13.5. The van der Waals surface area contributed by atoms with Gasteiger partial charge in [-0.3, -0.25) is 0 Å². The number of fused-ring (bicyclic) bond motifs is 1. The van der Waals surface area contributed by atoms with Gasteiger partial charge in [0.15, 0.2) is 6.61 Å². The number of hydrogen-bond acceptors (Lipinski definition) is 4. The summed E-state index contributed by atoms with van der Waals surface area (Å²) in [7, 11) is 1.57. The average molecular weight is 264 g/mol. The molecule has 0 aliphatic heterocycles. The lowest BCUT2D eigenvalue weighted by atomic mass is 9.92. The highest BCUT2D eigenvalue weighted by molar-refractivity contribution is 5.71. The van der Waals surface area contributed by atoms with Crippen molar-refractivity contribution in [3.8, 4) is 5.75 Å². The van der Waals surface area contributed by atoms with E-state index in [2.05, 4.69) is 6.07 Å². The normalized spacial score (nSPS) is 13.7. The molecule has 1 aliphatic carbocycles. The van der Waals surface area contributed by atoms with Gasteiger partial charge in [0.25, 0.3) is 0 Å². The first kappa shape index (κ1) is 13.9. The van der Waals surface area contributed by atoms with Crippen molar-refractivity contribution in [3.63, 3.8) is 0 Å². The van der Waals surface area contributed by atoms with Gasteiger partial charge in [-0.2, -0.15) is 0 Å². The molecule has 0 aromatic heterocycles. The first-order valence-electron chi connectivity index (χ1n) is 6.69. The molecule has 1 aromatic rings. The molecule has 0 unspecified atom stereocenters. The Kier molecular flexibility index (Phi) is 5.21. The molecule has 0 heterocycles. The van der Waals surface area contributed by atoms with Crippen LogP contribution in [0.25, 0.3) is 0 Å². The van der Waals surface area contributed by atoms with E-state index in [0.717, 1.165) is 18.6 Å². The van der Waals surface area contributed by atoms with Crippen molar-refractivity contribution in [2.45, 2.75) is 25.7 Å². The van der Waals surface area contributed by atoms with Crippen LogP contribution in [0.1, 0.15) is 24.0 Å². The van der Waals surface area contributed by atoms with Crippen LogP contribution in [-0.2, 0) is 27.1 Å². The van der Waals surface area contributed by atoms with Crippen LogP contribution in [0.3, 0.4) is 0 Å². The van der Waals surface area contributed by atoms with Gasteiger partial charge in [0.05, 0.1) is 6.61 Å². The second-order valence-electron chi connectivity index (χ2n) is 4.64. The number of esters is 1. The minimum atomic E-state index is -0.366. The van der Waals surface area contributed by atoms with Gasteiger partial charge in [0.2, 0.25) is 0 Å². The predicted octanol–water partition coefficient (Wildman–Crippen LogP) is 2.13. The summed E-state index contributed by atoms with van der Waals surface area (Å²) in [6.45, 7) is 0.621. The lowest BCUT2D eigenvalue weighted by Crippen LogP contribution is -2.17. The van der Waals surface area contributed by atoms with Crippen molar-refractivity contribution in [1.29, 1.82) is 0 Å². The topological polar surface area (TPSA) is 44.8 Å². The second-order valence-corrected chi connectivity index (χ2v) is 4.64. The highest BCUT2D eigenvalue weighted by Crippen LogP contribution is 2.25. The Morgan fingerprint density at radius 1 is 1.16 bits per heavy atom. The van der Waals surface area contributed by atoms with Crippen LogP contribution in [0.15, 0.2) is 18.2 Å². The van der Waals surface area contributed by atoms with Gasteiger partial charge < -0.3 is 14.2 Å². The Morgan fingerprint density at radius 3 is 2.74 bits per heavy atom. The molecule has 4 nitrogen and oxygen atoms in total. The number of hydrogen-bond donors (Lipinski definition) is 0. The standard InChI is InChI=1S/C15H20O4/c1-17-8-9-18-15(16)11-19-14-7-6-12-4-2-3-5-13(12)10-14/h6-7,10H,2-5,8-9,11H2,1H3. The first-order valence-corrected chi connectivity index (χ1v) is 6.69. The maximum atomic E-state index is 11.4. The van der Waals surface area contributed by atoms with Gasteiger partial charge in [0, 0.05) is 7.11 Å². The number of carbonyl (C=O) groups excluding carboxylic acids is 1. The number of benzene rings is 1.